The Morgan fingerprint density at radius 2 is 0.727 bits per heavy atom. The van der Waals surface area contributed by atoms with E-state index in [1.54, 1.807) is 0 Å². The Bertz CT molecular complexity index is 76.6. The van der Waals surface area contributed by atoms with E-state index in [4.69, 9.17) is 28.1 Å². The number of hydrogen-bond acceptors (Lipinski definition) is 6. The molecule has 0 saturated carbocycles. The van der Waals surface area contributed by atoms with Crippen LogP contribution in [0, 0.1) is 0 Å². The fourth-order valence-electron chi connectivity index (χ4n) is 0. The summed E-state index contributed by atoms with van der Waals surface area (Å²) in [6, 6.07) is 0. The predicted molar refractivity (Wildman–Crippen MR) is 18.6 cm³/mol. The largest absolute Gasteiger partial charge is 2.00 e. The van der Waals surface area contributed by atoms with Gasteiger partial charge in [0.15, 0.2) is 0 Å². The summed E-state index contributed by atoms with van der Waals surface area (Å²) in [6.07, 6.45) is 0. The second-order valence-corrected chi connectivity index (χ2v) is 1.50. The molecule has 48 valence electrons. The summed E-state index contributed by atoms with van der Waals surface area (Å²) in [5.41, 5.74) is 0. The molecule has 0 rings (SSSR count). The summed E-state index contributed by atoms with van der Waals surface area (Å²) >= 11 is 0. The summed E-state index contributed by atoms with van der Waals surface area (Å²) in [4.78, 5) is 34.1. The Balaban J connectivity index is -0.0000000171. The van der Waals surface area contributed by atoms with Crippen LogP contribution in [0.5, 0.6) is 0 Å². The third kappa shape index (κ3) is 126. The average Bonchev–Trinajstić information content (AvgIpc) is 1.25. The van der Waals surface area contributed by atoms with E-state index in [1.165, 1.54) is 0 Å². The van der Waals surface area contributed by atoms with Gasteiger partial charge >= 0.3 is 148 Å². The topological polar surface area (TPSA) is 126 Å². The minimum absolute atomic E-state index is 0. The SMILES string of the molecule is O=[Si]([O-])[O-].O=[Si]([O-])[O-].[K+].[K+].[Sr+2]. The van der Waals surface area contributed by atoms with E-state index in [-0.39, 0.29) is 148 Å². The Morgan fingerprint density at radius 1 is 0.727 bits per heavy atom. The Morgan fingerprint density at radius 3 is 0.727 bits per heavy atom. The van der Waals surface area contributed by atoms with Crippen molar-refractivity contribution in [3.05, 3.63) is 0 Å². The monoisotopic (exact) mass is 318 g/mol. The van der Waals surface area contributed by atoms with Crippen molar-refractivity contribution in [2.45, 2.75) is 0 Å². The van der Waals surface area contributed by atoms with Crippen LogP contribution < -0.4 is 122 Å². The summed E-state index contributed by atoms with van der Waals surface area (Å²) < 4.78 is 17.0. The van der Waals surface area contributed by atoms with Gasteiger partial charge in [0.2, 0.25) is 0 Å². The molecule has 0 aliphatic rings. The first-order valence-corrected chi connectivity index (χ1v) is 3.67. The van der Waals surface area contributed by atoms with Crippen LogP contribution in [-0.2, 0) is 8.92 Å². The van der Waals surface area contributed by atoms with Gasteiger partial charge in [-0.1, -0.05) is 0 Å². The molecule has 0 aromatic carbocycles. The Hall–Kier alpha value is 3.99. The van der Waals surface area contributed by atoms with Crippen LogP contribution in [0.15, 0.2) is 0 Å². The first kappa shape index (κ1) is 29.4. The standard InChI is InChI=1S/2K.2O3Si.Sr/c;;2*1-4(2)3;/q2*+1;2*-2;+2. The van der Waals surface area contributed by atoms with E-state index in [2.05, 4.69) is 0 Å². The molecule has 0 aromatic heterocycles. The molecule has 0 aromatic rings. The van der Waals surface area contributed by atoms with Gasteiger partial charge in [-0.15, -0.1) is 0 Å². The zero-order chi connectivity index (χ0) is 7.15. The van der Waals surface area contributed by atoms with E-state index in [0.29, 0.717) is 0 Å². The van der Waals surface area contributed by atoms with Crippen molar-refractivity contribution in [2.24, 2.45) is 0 Å². The van der Waals surface area contributed by atoms with Crippen LogP contribution in [0.25, 0.3) is 0 Å². The number of rotatable bonds is 0. The molecule has 0 atom stereocenters. The smallest absolute Gasteiger partial charge is 0.672 e. The van der Waals surface area contributed by atoms with Gasteiger partial charge in [0.1, 0.15) is 0 Å². The molecule has 0 spiro atoms. The maximum absolute atomic E-state index is 8.52. The molecule has 6 nitrogen and oxygen atoms in total. The van der Waals surface area contributed by atoms with Crippen molar-refractivity contribution in [1.29, 1.82) is 0 Å². The van der Waals surface area contributed by atoms with Crippen molar-refractivity contribution >= 4 is 63.8 Å². The zero-order valence-corrected chi connectivity index (χ0v) is 17.9. The van der Waals surface area contributed by atoms with Gasteiger partial charge in [0.25, 0.3) is 0 Å². The van der Waals surface area contributed by atoms with Crippen LogP contribution in [-0.4, -0.2) is 63.8 Å². The normalized spacial score (nSPS) is 4.36. The first-order chi connectivity index (χ1) is 3.46. The van der Waals surface area contributed by atoms with Crippen molar-refractivity contribution < 1.29 is 131 Å². The van der Waals surface area contributed by atoms with Crippen molar-refractivity contribution in [3.63, 3.8) is 0 Å². The van der Waals surface area contributed by atoms with E-state index >= 15 is 0 Å². The van der Waals surface area contributed by atoms with Gasteiger partial charge < -0.3 is 28.1 Å². The second-order valence-electron chi connectivity index (χ2n) is 0.500. The van der Waals surface area contributed by atoms with Gasteiger partial charge in [-0.3, -0.25) is 0 Å². The molecule has 11 heavy (non-hydrogen) atoms. The van der Waals surface area contributed by atoms with Gasteiger partial charge in [0, 0.05) is 18.3 Å². The van der Waals surface area contributed by atoms with Crippen LogP contribution in [0.4, 0.5) is 0 Å². The predicted octanol–water partition coefficient (Wildman–Crippen LogP) is -12.1. The molecule has 0 unspecified atom stereocenters. The Labute approximate surface area is 189 Å². The van der Waals surface area contributed by atoms with Crippen molar-refractivity contribution in [2.75, 3.05) is 0 Å². The van der Waals surface area contributed by atoms with Crippen molar-refractivity contribution in [3.8, 4) is 0 Å². The third-order valence-electron chi connectivity index (χ3n) is 0. The number of hydrogen-bond donors (Lipinski definition) is 0. The van der Waals surface area contributed by atoms with E-state index in [1.807, 2.05) is 0 Å². The molecule has 0 aliphatic carbocycles. The molecule has 0 N–H and O–H groups in total. The fraction of sp³-hybridized carbons (Fsp3) is 0. The molecule has 0 aliphatic heterocycles. The van der Waals surface area contributed by atoms with Crippen molar-refractivity contribution in [1.82, 2.24) is 0 Å². The molecule has 11 heteroatoms. The van der Waals surface area contributed by atoms with E-state index < -0.39 is 18.3 Å². The summed E-state index contributed by atoms with van der Waals surface area (Å²) in [5, 5.41) is 0. The van der Waals surface area contributed by atoms with Crippen LogP contribution in [0.2, 0.25) is 0 Å². The zero-order valence-electron chi connectivity index (χ0n) is 6.16. The van der Waals surface area contributed by atoms with Gasteiger partial charge in [-0.25, -0.2) is 0 Å². The molecule has 0 radical (unpaired) electrons. The maximum atomic E-state index is 8.52. The molecular formula is K2O6Si2Sr. The summed E-state index contributed by atoms with van der Waals surface area (Å²) in [7, 11) is -7.26. The third-order valence-corrected chi connectivity index (χ3v) is 0. The molecule has 0 bridgehead atoms. The van der Waals surface area contributed by atoms with Gasteiger partial charge in [-0.2, -0.15) is 0 Å². The average molecular weight is 318 g/mol. The van der Waals surface area contributed by atoms with Crippen LogP contribution in [0.3, 0.4) is 0 Å². The maximum Gasteiger partial charge on any atom is 2.00 e. The van der Waals surface area contributed by atoms with Crippen LogP contribution in [0.1, 0.15) is 0 Å². The Kier molecular flexibility index (Phi) is 63.2. The second kappa shape index (κ2) is 23.7. The van der Waals surface area contributed by atoms with E-state index in [0.717, 1.165) is 0 Å². The fourth-order valence-corrected chi connectivity index (χ4v) is 0. The van der Waals surface area contributed by atoms with Crippen LogP contribution >= 0.6 is 0 Å². The first-order valence-electron chi connectivity index (χ1n) is 1.22. The van der Waals surface area contributed by atoms with Gasteiger partial charge in [0.05, 0.1) is 0 Å². The molecule has 0 fully saturated rings. The molecule has 0 saturated heterocycles. The van der Waals surface area contributed by atoms with Gasteiger partial charge in [-0.05, 0) is 0 Å². The summed E-state index contributed by atoms with van der Waals surface area (Å²) in [6.45, 7) is 0. The quantitative estimate of drug-likeness (QED) is 0.408. The molecule has 0 heterocycles. The molecule has 0 amide bonds. The molecular weight excluding hydrogens is 318 g/mol. The van der Waals surface area contributed by atoms with E-state index in [9.17, 15) is 0 Å². The minimum atomic E-state index is -3.63. The summed E-state index contributed by atoms with van der Waals surface area (Å²) in [5.74, 6) is 0. The minimum Gasteiger partial charge on any atom is -0.672 e.